The van der Waals surface area contributed by atoms with Crippen LogP contribution in [-0.4, -0.2) is 19.7 Å². The Kier molecular flexibility index (Phi) is 9.35. The Hall–Kier alpha value is 0.880. The van der Waals surface area contributed by atoms with E-state index >= 15 is 0 Å². The van der Waals surface area contributed by atoms with Crippen LogP contribution in [-0.2, 0) is 0 Å². The maximum atomic E-state index is 5.56. The monoisotopic (exact) mass is 392 g/mol. The molecule has 0 N–H and O–H groups in total. The van der Waals surface area contributed by atoms with Gasteiger partial charge in [0.25, 0.3) is 0 Å². The summed E-state index contributed by atoms with van der Waals surface area (Å²) in [5, 5.41) is 1.92. The number of hydrogen-bond donors (Lipinski definition) is 0. The van der Waals surface area contributed by atoms with E-state index in [1.807, 2.05) is 16.2 Å². The zero-order valence-electron chi connectivity index (χ0n) is 16.5. The Balaban J connectivity index is 5.00. The van der Waals surface area contributed by atoms with Gasteiger partial charge in [-0.2, -0.15) is 0 Å². The van der Waals surface area contributed by atoms with Crippen molar-refractivity contribution in [2.45, 2.75) is 97.5 Å². The van der Waals surface area contributed by atoms with Crippen LogP contribution >= 0.6 is 46.0 Å². The molecule has 0 rings (SSSR count). The summed E-state index contributed by atoms with van der Waals surface area (Å²) in [4.78, 5) is 1.14. The molecule has 0 radical (unpaired) electrons. The third kappa shape index (κ3) is 8.20. The molecule has 2 unspecified atom stereocenters. The summed E-state index contributed by atoms with van der Waals surface area (Å²) in [6, 6.07) is 0. The lowest BCUT2D eigenvalue weighted by Gasteiger charge is -2.40. The molecule has 136 valence electrons. The van der Waals surface area contributed by atoms with Crippen LogP contribution in [0.15, 0.2) is 0 Å². The smallest absolute Gasteiger partial charge is 0.0241 e. The minimum absolute atomic E-state index is 0.109. The quantitative estimate of drug-likeness (QED) is 0.258. The minimum Gasteiger partial charge on any atom is -0.0929 e. The molecule has 0 aliphatic heterocycles. The van der Waals surface area contributed by atoms with Crippen molar-refractivity contribution >= 4 is 56.3 Å². The van der Waals surface area contributed by atoms with Gasteiger partial charge in [0.1, 0.15) is 0 Å². The molecule has 0 aromatic rings. The summed E-state index contributed by atoms with van der Waals surface area (Å²) in [5.74, 6) is 0. The van der Waals surface area contributed by atoms with Crippen molar-refractivity contribution in [2.75, 3.05) is 0 Å². The van der Waals surface area contributed by atoms with E-state index in [1.165, 1.54) is 0 Å². The Morgan fingerprint density at radius 2 is 1.43 bits per heavy atom. The largest absolute Gasteiger partial charge is 0.0929 e. The van der Waals surface area contributed by atoms with Crippen molar-refractivity contribution in [1.29, 1.82) is 0 Å². The van der Waals surface area contributed by atoms with Crippen molar-refractivity contribution in [3.05, 3.63) is 0 Å². The third-order valence-corrected chi connectivity index (χ3v) is 10.3. The van der Waals surface area contributed by atoms with Gasteiger partial charge in [-0.1, -0.05) is 80.6 Å². The molecule has 4 heteroatoms. The van der Waals surface area contributed by atoms with E-state index in [0.717, 1.165) is 30.5 Å². The van der Waals surface area contributed by atoms with Gasteiger partial charge < -0.3 is 0 Å². The molecule has 0 spiro atoms. The summed E-state index contributed by atoms with van der Waals surface area (Å²) in [7, 11) is 4.07. The fourth-order valence-electron chi connectivity index (χ4n) is 2.92. The molecule has 23 heavy (non-hydrogen) atoms. The zero-order valence-corrected chi connectivity index (χ0v) is 19.8. The molecule has 0 saturated carbocycles. The molecule has 0 heterocycles. The lowest BCUT2D eigenvalue weighted by molar-refractivity contribution is 0.358. The molecule has 0 fully saturated rings. The fourth-order valence-corrected chi connectivity index (χ4v) is 6.56. The molecule has 0 saturated heterocycles. The first-order valence-electron chi connectivity index (χ1n) is 8.59. The molecular formula is C19H36S4. The van der Waals surface area contributed by atoms with Gasteiger partial charge in [-0.25, -0.2) is 0 Å². The molecule has 0 amide bonds. The van der Waals surface area contributed by atoms with Crippen LogP contribution in [0.2, 0.25) is 0 Å². The topological polar surface area (TPSA) is 0 Å². The first-order valence-corrected chi connectivity index (χ1v) is 11.6. The Morgan fingerprint density at radius 3 is 1.78 bits per heavy atom. The SMILES string of the molecule is CCC(C)(CC(C)(CC)C(C)=S)SSC(C)(C)CC(C)(C)C=S. The number of rotatable bonds is 11. The molecule has 0 aliphatic rings. The van der Waals surface area contributed by atoms with Crippen molar-refractivity contribution < 1.29 is 0 Å². The summed E-state index contributed by atoms with van der Waals surface area (Å²) >= 11 is 10.8. The van der Waals surface area contributed by atoms with Gasteiger partial charge in [-0.05, 0) is 74.4 Å². The van der Waals surface area contributed by atoms with Crippen molar-refractivity contribution in [3.63, 3.8) is 0 Å². The highest BCUT2D eigenvalue weighted by molar-refractivity contribution is 8.77. The Labute approximate surface area is 164 Å². The second kappa shape index (κ2) is 9.00. The van der Waals surface area contributed by atoms with Crippen LogP contribution in [0, 0.1) is 10.8 Å². The molecule has 2 atom stereocenters. The van der Waals surface area contributed by atoms with Crippen molar-refractivity contribution in [2.24, 2.45) is 10.8 Å². The highest BCUT2D eigenvalue weighted by atomic mass is 33.1. The van der Waals surface area contributed by atoms with Gasteiger partial charge in [0.05, 0.1) is 0 Å². The van der Waals surface area contributed by atoms with E-state index in [-0.39, 0.29) is 20.3 Å². The molecular weight excluding hydrogens is 356 g/mol. The normalized spacial score (nSPS) is 18.1. The molecule has 0 bridgehead atoms. The van der Waals surface area contributed by atoms with Gasteiger partial charge >= 0.3 is 0 Å². The first kappa shape index (κ1) is 23.9. The van der Waals surface area contributed by atoms with E-state index in [0.29, 0.717) is 0 Å². The third-order valence-electron chi connectivity index (χ3n) is 4.81. The van der Waals surface area contributed by atoms with Crippen LogP contribution in [0.5, 0.6) is 0 Å². The second-order valence-corrected chi connectivity index (χ2v) is 12.9. The second-order valence-electron chi connectivity index (χ2n) is 8.66. The van der Waals surface area contributed by atoms with Crippen LogP contribution < -0.4 is 0 Å². The summed E-state index contributed by atoms with van der Waals surface area (Å²) < 4.78 is 0.448. The van der Waals surface area contributed by atoms with Gasteiger partial charge in [0.15, 0.2) is 0 Å². The highest BCUT2D eigenvalue weighted by Gasteiger charge is 2.37. The maximum Gasteiger partial charge on any atom is 0.0241 e. The molecule has 0 aromatic heterocycles. The first-order chi connectivity index (χ1) is 10.2. The predicted molar refractivity (Wildman–Crippen MR) is 121 cm³/mol. The zero-order chi connectivity index (χ0) is 18.5. The maximum absolute atomic E-state index is 5.56. The minimum atomic E-state index is 0.109. The number of thiocarbonyl (C=S) groups is 2. The lowest BCUT2D eigenvalue weighted by Crippen LogP contribution is -2.34. The molecule has 0 aromatic carbocycles. The summed E-state index contributed by atoms with van der Waals surface area (Å²) in [6.07, 6.45) is 4.52. The predicted octanol–water partition coefficient (Wildman–Crippen LogP) is 7.93. The Bertz CT molecular complexity index is 414. The molecule has 0 aliphatic carbocycles. The Morgan fingerprint density at radius 1 is 0.913 bits per heavy atom. The van der Waals surface area contributed by atoms with Gasteiger partial charge in [-0.15, -0.1) is 0 Å². The van der Waals surface area contributed by atoms with E-state index in [9.17, 15) is 0 Å². The van der Waals surface area contributed by atoms with E-state index in [1.54, 1.807) is 0 Å². The van der Waals surface area contributed by atoms with Crippen LogP contribution in [0.3, 0.4) is 0 Å². The molecule has 0 nitrogen and oxygen atoms in total. The van der Waals surface area contributed by atoms with Crippen molar-refractivity contribution in [3.8, 4) is 0 Å². The van der Waals surface area contributed by atoms with Gasteiger partial charge in [-0.3, -0.25) is 0 Å². The van der Waals surface area contributed by atoms with E-state index in [4.69, 9.17) is 24.4 Å². The van der Waals surface area contributed by atoms with Crippen LogP contribution in [0.1, 0.15) is 88.0 Å². The fraction of sp³-hybridized carbons (Fsp3) is 0.895. The average molecular weight is 393 g/mol. The standard InChI is InChI=1S/C19H36S4/c1-10-18(8,15(3)21)13-19(9,11-2)23-22-17(6,7)12-16(4,5)14-20/h14H,10-13H2,1-9H3. The lowest BCUT2D eigenvalue weighted by atomic mass is 9.76. The van der Waals surface area contributed by atoms with Crippen LogP contribution in [0.25, 0.3) is 0 Å². The summed E-state index contributed by atoms with van der Waals surface area (Å²) in [5.41, 5.74) is 0.267. The van der Waals surface area contributed by atoms with Gasteiger partial charge in [0.2, 0.25) is 0 Å². The van der Waals surface area contributed by atoms with Crippen LogP contribution in [0.4, 0.5) is 0 Å². The summed E-state index contributed by atoms with van der Waals surface area (Å²) in [6.45, 7) is 20.5. The van der Waals surface area contributed by atoms with E-state index in [2.05, 4.69) is 73.1 Å². The highest BCUT2D eigenvalue weighted by Crippen LogP contribution is 2.52. The number of hydrogen-bond acceptors (Lipinski definition) is 4. The van der Waals surface area contributed by atoms with Gasteiger partial charge in [0, 0.05) is 9.49 Å². The van der Waals surface area contributed by atoms with Crippen molar-refractivity contribution in [1.82, 2.24) is 0 Å². The average Bonchev–Trinajstić information content (AvgIpc) is 2.44. The van der Waals surface area contributed by atoms with E-state index < -0.39 is 0 Å².